The Kier molecular flexibility index (Phi) is 5.06. The third-order valence-corrected chi connectivity index (χ3v) is 5.46. The summed E-state index contributed by atoms with van der Waals surface area (Å²) in [5.74, 6) is 0.263. The molecule has 0 N–H and O–H groups in total. The predicted octanol–water partition coefficient (Wildman–Crippen LogP) is 3.07. The maximum absolute atomic E-state index is 13.3. The molecule has 29 heavy (non-hydrogen) atoms. The fourth-order valence-corrected chi connectivity index (χ4v) is 3.73. The summed E-state index contributed by atoms with van der Waals surface area (Å²) in [5.41, 5.74) is 3.10. The van der Waals surface area contributed by atoms with Crippen molar-refractivity contribution in [3.05, 3.63) is 72.8 Å². The molecule has 0 radical (unpaired) electrons. The van der Waals surface area contributed by atoms with E-state index in [1.807, 2.05) is 36.6 Å². The standard InChI is InChI=1S/C21H19BrN4O3/c1-12-9-16-17(10-13(12)2)25(7-8-29-3)19-18(23-16)20(27)26(21(28)24-19)15-6-4-5-14(22)11-15/h4-6,9-11H,7-8H2,1-3H3. The Hall–Kier alpha value is -2.84. The molecule has 0 spiro atoms. The van der Waals surface area contributed by atoms with Crippen LogP contribution in [0.25, 0.3) is 28.2 Å². The summed E-state index contributed by atoms with van der Waals surface area (Å²) in [7, 11) is 1.61. The van der Waals surface area contributed by atoms with Crippen molar-refractivity contribution in [2.45, 2.75) is 20.4 Å². The fraction of sp³-hybridized carbons (Fsp3) is 0.238. The smallest absolute Gasteiger partial charge is 0.357 e. The SMILES string of the molecule is COCCn1c2nc(=O)n(-c3cccc(Br)c3)c(=O)c-2nc2cc(C)c(C)cc21. The Morgan fingerprint density at radius 3 is 2.55 bits per heavy atom. The molecular weight excluding hydrogens is 436 g/mol. The molecule has 2 aromatic rings. The minimum absolute atomic E-state index is 0.149. The summed E-state index contributed by atoms with van der Waals surface area (Å²) in [4.78, 5) is 34.9. The largest absolute Gasteiger partial charge is 0.383 e. The molecule has 0 fully saturated rings. The van der Waals surface area contributed by atoms with E-state index in [4.69, 9.17) is 4.74 Å². The molecule has 0 saturated heterocycles. The van der Waals surface area contributed by atoms with Crippen LogP contribution < -0.4 is 11.2 Å². The van der Waals surface area contributed by atoms with Crippen molar-refractivity contribution in [3.8, 4) is 17.2 Å². The molecule has 2 heterocycles. The van der Waals surface area contributed by atoms with E-state index in [-0.39, 0.29) is 11.5 Å². The molecule has 148 valence electrons. The first-order valence-corrected chi connectivity index (χ1v) is 9.89. The fourth-order valence-electron chi connectivity index (χ4n) is 3.35. The summed E-state index contributed by atoms with van der Waals surface area (Å²) in [6.45, 7) is 4.87. The van der Waals surface area contributed by atoms with Crippen LogP contribution in [0, 0.1) is 13.8 Å². The first kappa shape index (κ1) is 19.5. The van der Waals surface area contributed by atoms with E-state index in [2.05, 4.69) is 25.9 Å². The van der Waals surface area contributed by atoms with Crippen LogP contribution in [0.3, 0.4) is 0 Å². The summed E-state index contributed by atoms with van der Waals surface area (Å²) < 4.78 is 8.87. The lowest BCUT2D eigenvalue weighted by molar-refractivity contribution is 0.188. The first-order valence-electron chi connectivity index (χ1n) is 9.10. The van der Waals surface area contributed by atoms with Gasteiger partial charge in [-0.25, -0.2) is 14.3 Å². The molecule has 2 aliphatic rings. The van der Waals surface area contributed by atoms with Crippen molar-refractivity contribution >= 4 is 27.0 Å². The van der Waals surface area contributed by atoms with Crippen LogP contribution in [0.2, 0.25) is 0 Å². The number of aromatic nitrogens is 4. The van der Waals surface area contributed by atoms with Crippen LogP contribution in [0.4, 0.5) is 0 Å². The van der Waals surface area contributed by atoms with Gasteiger partial charge in [-0.2, -0.15) is 4.98 Å². The molecule has 0 unspecified atom stereocenters. The first-order chi connectivity index (χ1) is 13.9. The van der Waals surface area contributed by atoms with Gasteiger partial charge in [-0.05, 0) is 55.3 Å². The van der Waals surface area contributed by atoms with Gasteiger partial charge in [0.05, 0.1) is 23.3 Å². The van der Waals surface area contributed by atoms with E-state index in [1.54, 1.807) is 25.3 Å². The molecule has 8 heteroatoms. The Bertz CT molecular complexity index is 1330. The summed E-state index contributed by atoms with van der Waals surface area (Å²) in [5, 5.41) is 0. The van der Waals surface area contributed by atoms with Crippen LogP contribution in [0.5, 0.6) is 0 Å². The molecule has 0 atom stereocenters. The Balaban J connectivity index is 2.12. The number of hydrogen-bond acceptors (Lipinski definition) is 5. The molecule has 0 saturated carbocycles. The zero-order valence-electron chi connectivity index (χ0n) is 16.3. The van der Waals surface area contributed by atoms with Gasteiger partial charge in [0.2, 0.25) is 0 Å². The van der Waals surface area contributed by atoms with Gasteiger partial charge in [-0.15, -0.1) is 0 Å². The Morgan fingerprint density at radius 1 is 1.07 bits per heavy atom. The van der Waals surface area contributed by atoms with Gasteiger partial charge in [0.1, 0.15) is 0 Å². The number of aryl methyl sites for hydroxylation is 2. The second kappa shape index (κ2) is 7.53. The van der Waals surface area contributed by atoms with Crippen LogP contribution >= 0.6 is 15.9 Å². The maximum Gasteiger partial charge on any atom is 0.357 e. The number of rotatable bonds is 4. The van der Waals surface area contributed by atoms with Gasteiger partial charge in [0.15, 0.2) is 11.5 Å². The van der Waals surface area contributed by atoms with Crippen LogP contribution in [0.15, 0.2) is 50.5 Å². The van der Waals surface area contributed by atoms with Gasteiger partial charge in [-0.3, -0.25) is 4.79 Å². The quantitative estimate of drug-likeness (QED) is 0.442. The third-order valence-electron chi connectivity index (χ3n) is 4.97. The molecule has 2 aromatic carbocycles. The van der Waals surface area contributed by atoms with E-state index < -0.39 is 11.2 Å². The zero-order valence-corrected chi connectivity index (χ0v) is 17.9. The van der Waals surface area contributed by atoms with Crippen LogP contribution in [0.1, 0.15) is 11.1 Å². The number of methoxy groups -OCH3 is 1. The second-order valence-corrected chi connectivity index (χ2v) is 7.78. The van der Waals surface area contributed by atoms with Gasteiger partial charge in [-0.1, -0.05) is 22.0 Å². The molecule has 0 aliphatic carbocycles. The minimum atomic E-state index is -0.642. The van der Waals surface area contributed by atoms with Crippen molar-refractivity contribution < 1.29 is 4.74 Å². The van der Waals surface area contributed by atoms with Crippen molar-refractivity contribution in [1.82, 2.24) is 19.1 Å². The minimum Gasteiger partial charge on any atom is -0.383 e. The highest BCUT2D eigenvalue weighted by Crippen LogP contribution is 2.24. The molecule has 0 bridgehead atoms. The van der Waals surface area contributed by atoms with Crippen molar-refractivity contribution in [2.75, 3.05) is 13.7 Å². The second-order valence-electron chi connectivity index (χ2n) is 6.87. The number of halogens is 1. The van der Waals surface area contributed by atoms with E-state index >= 15 is 0 Å². The number of ether oxygens (including phenoxy) is 1. The molecular formula is C21H19BrN4O3. The third kappa shape index (κ3) is 3.38. The highest BCUT2D eigenvalue weighted by molar-refractivity contribution is 9.10. The summed E-state index contributed by atoms with van der Waals surface area (Å²) >= 11 is 3.37. The summed E-state index contributed by atoms with van der Waals surface area (Å²) in [6, 6.07) is 10.9. The summed E-state index contributed by atoms with van der Waals surface area (Å²) in [6.07, 6.45) is 0. The van der Waals surface area contributed by atoms with Crippen LogP contribution in [-0.4, -0.2) is 32.8 Å². The maximum atomic E-state index is 13.3. The van der Waals surface area contributed by atoms with Crippen molar-refractivity contribution in [1.29, 1.82) is 0 Å². The van der Waals surface area contributed by atoms with Crippen LogP contribution in [-0.2, 0) is 11.3 Å². The molecule has 7 nitrogen and oxygen atoms in total. The molecule has 0 amide bonds. The normalized spacial score (nSPS) is 11.4. The lowest BCUT2D eigenvalue weighted by atomic mass is 10.1. The Morgan fingerprint density at radius 2 is 1.83 bits per heavy atom. The molecule has 4 rings (SSSR count). The molecule has 0 aromatic heterocycles. The van der Waals surface area contributed by atoms with Gasteiger partial charge < -0.3 is 9.30 Å². The van der Waals surface area contributed by atoms with Gasteiger partial charge in [0.25, 0.3) is 5.56 Å². The van der Waals surface area contributed by atoms with E-state index in [9.17, 15) is 9.59 Å². The average Bonchev–Trinajstić information content (AvgIpc) is 2.67. The topological polar surface area (TPSA) is 79.0 Å². The van der Waals surface area contributed by atoms with E-state index in [0.29, 0.717) is 24.4 Å². The number of benzene rings is 2. The molecule has 2 aliphatic heterocycles. The van der Waals surface area contributed by atoms with E-state index in [0.717, 1.165) is 25.7 Å². The van der Waals surface area contributed by atoms with Crippen molar-refractivity contribution in [3.63, 3.8) is 0 Å². The lowest BCUT2D eigenvalue weighted by Gasteiger charge is -2.18. The highest BCUT2D eigenvalue weighted by atomic mass is 79.9. The van der Waals surface area contributed by atoms with E-state index in [1.165, 1.54) is 0 Å². The number of fused-ring (bicyclic) bond motifs is 2. The zero-order chi connectivity index (χ0) is 20.7. The van der Waals surface area contributed by atoms with Gasteiger partial charge in [0, 0.05) is 18.1 Å². The average molecular weight is 455 g/mol. The monoisotopic (exact) mass is 454 g/mol. The van der Waals surface area contributed by atoms with Crippen molar-refractivity contribution in [2.24, 2.45) is 0 Å². The highest BCUT2D eigenvalue weighted by Gasteiger charge is 2.22. The Labute approximate surface area is 175 Å². The van der Waals surface area contributed by atoms with Gasteiger partial charge >= 0.3 is 5.69 Å². The lowest BCUT2D eigenvalue weighted by Crippen LogP contribution is -2.37. The predicted molar refractivity (Wildman–Crippen MR) is 115 cm³/mol. The number of hydrogen-bond donors (Lipinski definition) is 0. The number of nitrogens with zero attached hydrogens (tertiary/aromatic N) is 4.